The number of nitrogens with zero attached hydrogens (tertiary/aromatic N) is 1. The normalized spacial score (nSPS) is 45.7. The molecule has 3 rings (SSSR count). The number of hydrogen-bond donors (Lipinski definition) is 1. The molecule has 0 aliphatic carbocycles. The van der Waals surface area contributed by atoms with Crippen molar-refractivity contribution in [2.75, 3.05) is 20.2 Å². The van der Waals surface area contributed by atoms with Gasteiger partial charge < -0.3 is 15.0 Å². The molecule has 2 bridgehead atoms. The Morgan fingerprint density at radius 2 is 1.78 bits per heavy atom. The molecule has 1 N–H and O–H groups in total. The Bertz CT molecular complexity index is 309. The third-order valence-corrected chi connectivity index (χ3v) is 5.38. The van der Waals surface area contributed by atoms with Crippen molar-refractivity contribution in [3.63, 3.8) is 0 Å². The molecule has 0 radical (unpaired) electrons. The fourth-order valence-corrected chi connectivity index (χ4v) is 4.64. The first-order valence-corrected chi connectivity index (χ1v) is 7.52. The molecule has 3 aliphatic rings. The highest BCUT2D eigenvalue weighted by Gasteiger charge is 2.55. The maximum Gasteiger partial charge on any atom is 0.0870 e. The van der Waals surface area contributed by atoms with Crippen molar-refractivity contribution in [3.8, 4) is 0 Å². The molecule has 3 saturated heterocycles. The van der Waals surface area contributed by atoms with E-state index in [1.807, 2.05) is 0 Å². The number of morpholine rings is 1. The molecule has 3 fully saturated rings. The minimum Gasteiger partial charge on any atom is -0.372 e. The van der Waals surface area contributed by atoms with Crippen LogP contribution in [0.3, 0.4) is 0 Å². The van der Waals surface area contributed by atoms with E-state index in [1.54, 1.807) is 0 Å². The van der Waals surface area contributed by atoms with Crippen molar-refractivity contribution in [1.82, 2.24) is 10.2 Å². The average Bonchev–Trinajstić information content (AvgIpc) is 2.52. The second-order valence-electron chi connectivity index (χ2n) is 7.63. The van der Waals surface area contributed by atoms with Gasteiger partial charge >= 0.3 is 0 Å². The van der Waals surface area contributed by atoms with Crippen LogP contribution in [-0.4, -0.2) is 48.8 Å². The van der Waals surface area contributed by atoms with Crippen molar-refractivity contribution in [2.45, 2.75) is 70.2 Å². The molecule has 3 unspecified atom stereocenters. The summed E-state index contributed by atoms with van der Waals surface area (Å²) in [6, 6.07) is 1.98. The Morgan fingerprint density at radius 3 is 2.33 bits per heavy atom. The summed E-state index contributed by atoms with van der Waals surface area (Å²) >= 11 is 0. The molecule has 0 amide bonds. The number of hydrogen-bond acceptors (Lipinski definition) is 3. The van der Waals surface area contributed by atoms with E-state index in [9.17, 15) is 0 Å². The largest absolute Gasteiger partial charge is 0.372 e. The second-order valence-corrected chi connectivity index (χ2v) is 7.63. The SMILES string of the molecule is CN1C2CCC1CC1(C2)OCCNC1C(C)(C)C. The summed E-state index contributed by atoms with van der Waals surface area (Å²) < 4.78 is 6.39. The minimum atomic E-state index is 0.0921. The molecule has 18 heavy (non-hydrogen) atoms. The lowest BCUT2D eigenvalue weighted by Crippen LogP contribution is -2.67. The Hall–Kier alpha value is -0.120. The van der Waals surface area contributed by atoms with Crippen LogP contribution in [0.5, 0.6) is 0 Å². The molecule has 3 heteroatoms. The van der Waals surface area contributed by atoms with Crippen molar-refractivity contribution in [3.05, 3.63) is 0 Å². The van der Waals surface area contributed by atoms with Crippen LogP contribution in [0.2, 0.25) is 0 Å². The predicted molar refractivity (Wildman–Crippen MR) is 73.7 cm³/mol. The molecular formula is C15H28N2O. The highest BCUT2D eigenvalue weighted by atomic mass is 16.5. The van der Waals surface area contributed by atoms with Crippen molar-refractivity contribution < 1.29 is 4.74 Å². The van der Waals surface area contributed by atoms with E-state index < -0.39 is 0 Å². The summed E-state index contributed by atoms with van der Waals surface area (Å²) in [7, 11) is 2.30. The van der Waals surface area contributed by atoms with Crippen LogP contribution in [0.4, 0.5) is 0 Å². The van der Waals surface area contributed by atoms with Crippen molar-refractivity contribution >= 4 is 0 Å². The Morgan fingerprint density at radius 1 is 1.17 bits per heavy atom. The maximum atomic E-state index is 6.39. The van der Waals surface area contributed by atoms with E-state index in [2.05, 4.69) is 38.0 Å². The van der Waals surface area contributed by atoms with Crippen LogP contribution < -0.4 is 5.32 Å². The van der Waals surface area contributed by atoms with Gasteiger partial charge in [-0.05, 0) is 38.1 Å². The number of piperidine rings is 1. The summed E-state index contributed by atoms with van der Waals surface area (Å²) in [5.41, 5.74) is 0.366. The highest BCUT2D eigenvalue weighted by Crippen LogP contribution is 2.47. The van der Waals surface area contributed by atoms with Gasteiger partial charge in [0.1, 0.15) is 0 Å². The van der Waals surface area contributed by atoms with Crippen LogP contribution in [0, 0.1) is 5.41 Å². The molecule has 0 aromatic carbocycles. The Labute approximate surface area is 111 Å². The molecule has 1 spiro atoms. The average molecular weight is 252 g/mol. The molecule has 3 atom stereocenters. The number of rotatable bonds is 0. The van der Waals surface area contributed by atoms with Crippen LogP contribution in [0.25, 0.3) is 0 Å². The number of ether oxygens (including phenoxy) is 1. The van der Waals surface area contributed by atoms with Gasteiger partial charge in [-0.15, -0.1) is 0 Å². The van der Waals surface area contributed by atoms with E-state index in [0.29, 0.717) is 6.04 Å². The van der Waals surface area contributed by atoms with Gasteiger partial charge in [0.15, 0.2) is 0 Å². The smallest absolute Gasteiger partial charge is 0.0870 e. The zero-order valence-electron chi connectivity index (χ0n) is 12.3. The predicted octanol–water partition coefficient (Wildman–Crippen LogP) is 2.02. The molecule has 0 aromatic rings. The van der Waals surface area contributed by atoms with E-state index in [-0.39, 0.29) is 11.0 Å². The Balaban J connectivity index is 1.88. The lowest BCUT2D eigenvalue weighted by Gasteiger charge is -2.55. The fraction of sp³-hybridized carbons (Fsp3) is 1.00. The van der Waals surface area contributed by atoms with Gasteiger partial charge in [-0.1, -0.05) is 20.8 Å². The van der Waals surface area contributed by atoms with Gasteiger partial charge in [0.2, 0.25) is 0 Å². The standard InChI is InChI=1S/C15H28N2O/c1-14(2,3)13-15(18-8-7-16-13)9-11-5-6-12(10-15)17(11)4/h11-13,16H,5-10H2,1-4H3. The first-order valence-electron chi connectivity index (χ1n) is 7.52. The lowest BCUT2D eigenvalue weighted by molar-refractivity contribution is -0.160. The quantitative estimate of drug-likeness (QED) is 0.714. The molecule has 3 nitrogen and oxygen atoms in total. The fourth-order valence-electron chi connectivity index (χ4n) is 4.64. The summed E-state index contributed by atoms with van der Waals surface area (Å²) in [5, 5.41) is 3.76. The number of nitrogens with one attached hydrogen (secondary N) is 1. The lowest BCUT2D eigenvalue weighted by atomic mass is 9.69. The molecule has 104 valence electrons. The van der Waals surface area contributed by atoms with Crippen LogP contribution in [-0.2, 0) is 4.74 Å². The second kappa shape index (κ2) is 4.19. The van der Waals surface area contributed by atoms with E-state index in [0.717, 1.165) is 25.2 Å². The summed E-state index contributed by atoms with van der Waals surface area (Å²) in [6.07, 6.45) is 5.16. The van der Waals surface area contributed by atoms with Gasteiger partial charge in [0.05, 0.1) is 12.2 Å². The van der Waals surface area contributed by atoms with Crippen LogP contribution in [0.1, 0.15) is 46.5 Å². The van der Waals surface area contributed by atoms with Gasteiger partial charge in [-0.2, -0.15) is 0 Å². The highest BCUT2D eigenvalue weighted by molar-refractivity contribution is 5.10. The summed E-state index contributed by atoms with van der Waals surface area (Å²) in [5.74, 6) is 0. The van der Waals surface area contributed by atoms with Crippen LogP contribution in [0.15, 0.2) is 0 Å². The first-order chi connectivity index (χ1) is 8.42. The van der Waals surface area contributed by atoms with Crippen LogP contribution >= 0.6 is 0 Å². The summed E-state index contributed by atoms with van der Waals surface area (Å²) in [6.45, 7) is 8.94. The first kappa shape index (κ1) is 12.9. The molecule has 3 heterocycles. The molecule has 3 aliphatic heterocycles. The van der Waals surface area contributed by atoms with Gasteiger partial charge in [0, 0.05) is 24.7 Å². The third kappa shape index (κ3) is 1.91. The van der Waals surface area contributed by atoms with Gasteiger partial charge in [0.25, 0.3) is 0 Å². The summed E-state index contributed by atoms with van der Waals surface area (Å²) in [4.78, 5) is 2.60. The molecule has 0 saturated carbocycles. The third-order valence-electron chi connectivity index (χ3n) is 5.38. The molecule has 0 aromatic heterocycles. The zero-order chi connectivity index (χ0) is 13.0. The monoisotopic (exact) mass is 252 g/mol. The topological polar surface area (TPSA) is 24.5 Å². The molecular weight excluding hydrogens is 224 g/mol. The van der Waals surface area contributed by atoms with E-state index >= 15 is 0 Å². The zero-order valence-corrected chi connectivity index (χ0v) is 12.3. The van der Waals surface area contributed by atoms with Gasteiger partial charge in [-0.25, -0.2) is 0 Å². The maximum absolute atomic E-state index is 6.39. The van der Waals surface area contributed by atoms with E-state index in [1.165, 1.54) is 25.7 Å². The minimum absolute atomic E-state index is 0.0921. The number of fused-ring (bicyclic) bond motifs is 2. The Kier molecular flexibility index (Phi) is 3.00. The van der Waals surface area contributed by atoms with E-state index in [4.69, 9.17) is 4.74 Å². The van der Waals surface area contributed by atoms with Crippen molar-refractivity contribution in [1.29, 1.82) is 0 Å². The van der Waals surface area contributed by atoms with Crippen molar-refractivity contribution in [2.24, 2.45) is 5.41 Å². The van der Waals surface area contributed by atoms with Gasteiger partial charge in [-0.3, -0.25) is 0 Å².